The van der Waals surface area contributed by atoms with E-state index in [0.29, 0.717) is 31.6 Å². The van der Waals surface area contributed by atoms with Gasteiger partial charge in [-0.25, -0.2) is 9.78 Å². The zero-order valence-corrected chi connectivity index (χ0v) is 21.6. The smallest absolute Gasteiger partial charge is 0.433 e. The van der Waals surface area contributed by atoms with Crippen molar-refractivity contribution in [2.75, 3.05) is 23.7 Å². The summed E-state index contributed by atoms with van der Waals surface area (Å²) in [6.07, 6.45) is -2.71. The quantitative estimate of drug-likeness (QED) is 0.394. The molecule has 0 bridgehead atoms. The summed E-state index contributed by atoms with van der Waals surface area (Å²) in [6, 6.07) is 7.10. The molecular weight excluding hydrogens is 525 g/mol. The molecule has 1 aliphatic heterocycles. The Labute approximate surface area is 222 Å². The lowest BCUT2D eigenvalue weighted by atomic mass is 10.1. The second-order valence-electron chi connectivity index (χ2n) is 9.59. The molecule has 0 radical (unpaired) electrons. The van der Waals surface area contributed by atoms with E-state index in [1.54, 1.807) is 23.1 Å². The van der Waals surface area contributed by atoms with Crippen molar-refractivity contribution in [3.05, 3.63) is 47.4 Å². The number of amides is 1. The number of halogens is 4. The molecule has 0 aromatic carbocycles. The van der Waals surface area contributed by atoms with Gasteiger partial charge in [0.25, 0.3) is 0 Å². The van der Waals surface area contributed by atoms with Gasteiger partial charge in [-0.2, -0.15) is 28.1 Å². The molecule has 4 rings (SSSR count). The van der Waals surface area contributed by atoms with Crippen molar-refractivity contribution >= 4 is 35.3 Å². The van der Waals surface area contributed by atoms with E-state index in [1.807, 2.05) is 20.8 Å². The number of pyridine rings is 2. The Morgan fingerprint density at radius 2 is 1.76 bits per heavy atom. The molecule has 1 fully saturated rings. The standard InChI is InChI=1S/C24H26ClF3N8O2/c1-23(2,3)38-22(37)36-11-8-14(9-12-36)30-20-33-19(16-5-4-6-18(25)32-16)34-21(35-20)31-15-7-10-29-17(13-15)24(26,27)28/h4-7,10,13-14H,8-9,11-12H2,1-3H3,(H2,29,30,31,33,34,35). The van der Waals surface area contributed by atoms with Crippen molar-refractivity contribution in [2.45, 2.75) is 51.4 Å². The van der Waals surface area contributed by atoms with Crippen LogP contribution in [0.2, 0.25) is 5.15 Å². The Morgan fingerprint density at radius 3 is 2.42 bits per heavy atom. The molecule has 10 nitrogen and oxygen atoms in total. The largest absolute Gasteiger partial charge is 0.444 e. The lowest BCUT2D eigenvalue weighted by molar-refractivity contribution is -0.141. The first-order chi connectivity index (χ1) is 17.9. The Bertz CT molecular complexity index is 1290. The van der Waals surface area contributed by atoms with Crippen molar-refractivity contribution in [1.82, 2.24) is 29.8 Å². The lowest BCUT2D eigenvalue weighted by Crippen LogP contribution is -2.44. The number of hydrogen-bond acceptors (Lipinski definition) is 9. The van der Waals surface area contributed by atoms with Crippen LogP contribution in [0.5, 0.6) is 0 Å². The molecule has 38 heavy (non-hydrogen) atoms. The van der Waals surface area contributed by atoms with Gasteiger partial charge in [-0.05, 0) is 57.9 Å². The molecular formula is C24H26ClF3N8O2. The minimum Gasteiger partial charge on any atom is -0.444 e. The number of rotatable bonds is 5. The van der Waals surface area contributed by atoms with Gasteiger partial charge in [0.2, 0.25) is 11.9 Å². The zero-order valence-electron chi connectivity index (χ0n) is 20.9. The fourth-order valence-corrected chi connectivity index (χ4v) is 3.82. The monoisotopic (exact) mass is 550 g/mol. The molecule has 1 saturated heterocycles. The van der Waals surface area contributed by atoms with Gasteiger partial charge >= 0.3 is 12.3 Å². The Kier molecular flexibility index (Phi) is 7.86. The summed E-state index contributed by atoms with van der Waals surface area (Å²) in [5.41, 5.74) is -1.18. The van der Waals surface area contributed by atoms with Crippen LogP contribution in [0.4, 0.5) is 35.5 Å². The number of alkyl halides is 3. The van der Waals surface area contributed by atoms with Gasteiger partial charge in [-0.15, -0.1) is 0 Å². The number of nitrogens with one attached hydrogen (secondary N) is 2. The molecule has 1 aliphatic rings. The van der Waals surface area contributed by atoms with Gasteiger partial charge in [0, 0.05) is 31.0 Å². The van der Waals surface area contributed by atoms with E-state index in [-0.39, 0.29) is 40.7 Å². The number of anilines is 3. The summed E-state index contributed by atoms with van der Waals surface area (Å²) in [5.74, 6) is 0.369. The summed E-state index contributed by atoms with van der Waals surface area (Å²) in [5, 5.41) is 6.26. The van der Waals surface area contributed by atoms with Crippen LogP contribution in [0.1, 0.15) is 39.3 Å². The number of hydrogen-bond donors (Lipinski definition) is 2. The normalized spacial score (nSPS) is 14.8. The highest BCUT2D eigenvalue weighted by atomic mass is 35.5. The summed E-state index contributed by atoms with van der Waals surface area (Å²) in [4.78, 5) is 34.7. The average molecular weight is 551 g/mol. The number of aromatic nitrogens is 5. The summed E-state index contributed by atoms with van der Waals surface area (Å²) in [7, 11) is 0. The maximum Gasteiger partial charge on any atom is 0.433 e. The molecule has 4 heterocycles. The highest BCUT2D eigenvalue weighted by Gasteiger charge is 2.32. The molecule has 2 N–H and O–H groups in total. The van der Waals surface area contributed by atoms with E-state index in [4.69, 9.17) is 16.3 Å². The van der Waals surface area contributed by atoms with Gasteiger partial charge in [0.05, 0.1) is 0 Å². The Balaban J connectivity index is 1.54. The van der Waals surface area contributed by atoms with Gasteiger partial charge < -0.3 is 20.3 Å². The van der Waals surface area contributed by atoms with Crippen molar-refractivity contribution in [2.24, 2.45) is 0 Å². The topological polar surface area (TPSA) is 118 Å². The van der Waals surface area contributed by atoms with E-state index in [9.17, 15) is 18.0 Å². The predicted molar refractivity (Wildman–Crippen MR) is 135 cm³/mol. The number of carbonyl (C=O) groups excluding carboxylic acids is 1. The molecule has 1 amide bonds. The number of likely N-dealkylation sites (tertiary alicyclic amines) is 1. The van der Waals surface area contributed by atoms with Gasteiger partial charge in [0.15, 0.2) is 5.82 Å². The maximum absolute atomic E-state index is 13.1. The van der Waals surface area contributed by atoms with E-state index < -0.39 is 17.5 Å². The zero-order chi connectivity index (χ0) is 27.5. The van der Waals surface area contributed by atoms with E-state index in [0.717, 1.165) is 12.3 Å². The lowest BCUT2D eigenvalue weighted by Gasteiger charge is -2.33. The van der Waals surface area contributed by atoms with E-state index >= 15 is 0 Å². The molecule has 0 unspecified atom stereocenters. The van der Waals surface area contributed by atoms with Crippen LogP contribution in [-0.2, 0) is 10.9 Å². The van der Waals surface area contributed by atoms with Gasteiger partial charge in [-0.3, -0.25) is 4.98 Å². The number of carbonyl (C=O) groups is 1. The summed E-state index contributed by atoms with van der Waals surface area (Å²) >= 11 is 6.03. The van der Waals surface area contributed by atoms with Gasteiger partial charge in [0.1, 0.15) is 22.1 Å². The number of piperidine rings is 1. The highest BCUT2D eigenvalue weighted by Crippen LogP contribution is 2.30. The fraction of sp³-hybridized carbons (Fsp3) is 0.417. The molecule has 0 atom stereocenters. The SMILES string of the molecule is CC(C)(C)OC(=O)N1CCC(Nc2nc(Nc3ccnc(C(F)(F)F)c3)nc(-c3cccc(Cl)n3)n2)CC1. The van der Waals surface area contributed by atoms with Crippen molar-refractivity contribution in [3.8, 4) is 11.5 Å². The molecule has 3 aromatic heterocycles. The van der Waals surface area contributed by atoms with Crippen molar-refractivity contribution in [1.29, 1.82) is 0 Å². The maximum atomic E-state index is 13.1. The van der Waals surface area contributed by atoms with Crippen LogP contribution >= 0.6 is 11.6 Å². The molecule has 14 heteroatoms. The minimum absolute atomic E-state index is 0.00444. The fourth-order valence-electron chi connectivity index (χ4n) is 3.65. The van der Waals surface area contributed by atoms with Crippen molar-refractivity contribution < 1.29 is 22.7 Å². The highest BCUT2D eigenvalue weighted by molar-refractivity contribution is 6.29. The molecule has 202 valence electrons. The predicted octanol–water partition coefficient (Wildman–Crippen LogP) is 5.56. The van der Waals surface area contributed by atoms with Crippen LogP contribution in [0, 0.1) is 0 Å². The first kappa shape index (κ1) is 27.3. The van der Waals surface area contributed by atoms with Gasteiger partial charge in [-0.1, -0.05) is 17.7 Å². The van der Waals surface area contributed by atoms with Crippen LogP contribution < -0.4 is 10.6 Å². The van der Waals surface area contributed by atoms with Crippen LogP contribution in [0.3, 0.4) is 0 Å². The molecule has 0 aliphatic carbocycles. The molecule has 0 saturated carbocycles. The molecule has 3 aromatic rings. The minimum atomic E-state index is -4.60. The third kappa shape index (κ3) is 7.40. The first-order valence-corrected chi connectivity index (χ1v) is 12.2. The second kappa shape index (κ2) is 10.9. The number of ether oxygens (including phenoxy) is 1. The first-order valence-electron chi connectivity index (χ1n) is 11.8. The summed E-state index contributed by atoms with van der Waals surface area (Å²) in [6.45, 7) is 6.39. The van der Waals surface area contributed by atoms with E-state index in [1.165, 1.54) is 6.07 Å². The van der Waals surface area contributed by atoms with Crippen molar-refractivity contribution in [3.63, 3.8) is 0 Å². The van der Waals surface area contributed by atoms with Crippen LogP contribution in [0.25, 0.3) is 11.5 Å². The summed E-state index contributed by atoms with van der Waals surface area (Å²) < 4.78 is 44.8. The second-order valence-corrected chi connectivity index (χ2v) is 9.98. The average Bonchev–Trinajstić information content (AvgIpc) is 2.83. The van der Waals surface area contributed by atoms with Crippen LogP contribution in [0.15, 0.2) is 36.5 Å². The molecule has 0 spiro atoms. The van der Waals surface area contributed by atoms with E-state index in [2.05, 4.69) is 35.6 Å². The Hall–Kier alpha value is -3.74. The number of nitrogens with zero attached hydrogens (tertiary/aromatic N) is 6. The third-order valence-corrected chi connectivity index (χ3v) is 5.58. The Morgan fingerprint density at radius 1 is 1.05 bits per heavy atom. The van der Waals surface area contributed by atoms with Crippen LogP contribution in [-0.4, -0.2) is 60.6 Å². The third-order valence-electron chi connectivity index (χ3n) is 5.37.